The third-order valence-electron chi connectivity index (χ3n) is 1.65. The number of carboxylic acids is 1. The second-order valence-electron chi connectivity index (χ2n) is 2.75. The van der Waals surface area contributed by atoms with Gasteiger partial charge in [-0.1, -0.05) is 6.07 Å². The predicted molar refractivity (Wildman–Crippen MR) is 48.1 cm³/mol. The van der Waals surface area contributed by atoms with E-state index in [9.17, 15) is 18.4 Å². The monoisotopic (exact) mass is 231 g/mol. The van der Waals surface area contributed by atoms with E-state index in [4.69, 9.17) is 10.8 Å². The summed E-state index contributed by atoms with van der Waals surface area (Å²) in [6.07, 6.45) is -2.69. The molecule has 3 N–H and O–H groups in total. The summed E-state index contributed by atoms with van der Waals surface area (Å²) in [5, 5.41) is 8.23. The van der Waals surface area contributed by atoms with Gasteiger partial charge in [0.1, 0.15) is 17.1 Å². The Hall–Kier alpha value is -2.18. The highest BCUT2D eigenvalue weighted by Crippen LogP contribution is 2.22. The highest BCUT2D eigenvalue weighted by atomic mass is 19.1. The molecule has 0 saturated heterocycles. The molecule has 0 aromatic heterocycles. The summed E-state index contributed by atoms with van der Waals surface area (Å²) in [5.41, 5.74) is 4.15. The zero-order valence-electron chi connectivity index (χ0n) is 7.81. The molecule has 0 heterocycles. The van der Waals surface area contributed by atoms with Gasteiger partial charge in [0.2, 0.25) is 0 Å². The van der Waals surface area contributed by atoms with Crippen LogP contribution in [0.25, 0.3) is 0 Å². The standard InChI is InChI=1S/C9H7F2NO4/c10-4-2-1-3-5(6(4)8(12)13)16-7(11)9(14)15/h1-3,7H,(H2,12,13)(H,14,15). The highest BCUT2D eigenvalue weighted by Gasteiger charge is 2.22. The van der Waals surface area contributed by atoms with Gasteiger partial charge in [-0.25, -0.2) is 9.18 Å². The maximum absolute atomic E-state index is 13.1. The van der Waals surface area contributed by atoms with Crippen molar-refractivity contribution in [2.24, 2.45) is 5.73 Å². The third-order valence-corrected chi connectivity index (χ3v) is 1.65. The molecule has 1 rings (SSSR count). The molecular weight excluding hydrogens is 224 g/mol. The number of rotatable bonds is 4. The van der Waals surface area contributed by atoms with Crippen molar-refractivity contribution in [3.8, 4) is 5.75 Å². The van der Waals surface area contributed by atoms with Crippen LogP contribution in [-0.2, 0) is 4.79 Å². The number of aliphatic carboxylic acids is 1. The Labute approximate surface area is 88.4 Å². The molecule has 16 heavy (non-hydrogen) atoms. The summed E-state index contributed by atoms with van der Waals surface area (Å²) in [6, 6.07) is 3.09. The molecule has 0 spiro atoms. The predicted octanol–water partition coefficient (Wildman–Crippen LogP) is 0.684. The van der Waals surface area contributed by atoms with E-state index < -0.39 is 35.4 Å². The number of carbonyl (C=O) groups is 2. The number of amides is 1. The van der Waals surface area contributed by atoms with Gasteiger partial charge in [0.25, 0.3) is 5.91 Å². The number of alkyl halides is 1. The van der Waals surface area contributed by atoms with Crippen LogP contribution in [0.1, 0.15) is 10.4 Å². The van der Waals surface area contributed by atoms with E-state index in [1.807, 2.05) is 0 Å². The van der Waals surface area contributed by atoms with Crippen LogP contribution in [0.5, 0.6) is 5.75 Å². The Balaban J connectivity index is 3.09. The number of hydrogen-bond acceptors (Lipinski definition) is 3. The molecule has 1 atom stereocenters. The van der Waals surface area contributed by atoms with Crippen molar-refractivity contribution in [3.05, 3.63) is 29.6 Å². The van der Waals surface area contributed by atoms with Gasteiger partial charge in [-0.3, -0.25) is 4.79 Å². The number of nitrogens with two attached hydrogens (primary N) is 1. The molecule has 0 aliphatic carbocycles. The molecule has 0 aliphatic rings. The van der Waals surface area contributed by atoms with E-state index in [2.05, 4.69) is 4.74 Å². The van der Waals surface area contributed by atoms with E-state index in [-0.39, 0.29) is 0 Å². The van der Waals surface area contributed by atoms with Gasteiger partial charge in [0.15, 0.2) is 0 Å². The zero-order valence-corrected chi connectivity index (χ0v) is 7.81. The first-order chi connectivity index (χ1) is 7.43. The number of hydrogen-bond donors (Lipinski definition) is 2. The van der Waals surface area contributed by atoms with Gasteiger partial charge in [0.05, 0.1) is 0 Å². The first-order valence-corrected chi connectivity index (χ1v) is 4.05. The lowest BCUT2D eigenvalue weighted by Crippen LogP contribution is -2.24. The normalized spacial score (nSPS) is 11.9. The summed E-state index contributed by atoms with van der Waals surface area (Å²) in [4.78, 5) is 21.0. The van der Waals surface area contributed by atoms with Crippen molar-refractivity contribution in [1.82, 2.24) is 0 Å². The van der Waals surface area contributed by atoms with Crippen LogP contribution >= 0.6 is 0 Å². The molecule has 0 fully saturated rings. The van der Waals surface area contributed by atoms with Crippen LogP contribution in [0.4, 0.5) is 8.78 Å². The molecule has 1 amide bonds. The SMILES string of the molecule is NC(=O)c1c(F)cccc1OC(F)C(=O)O. The molecule has 1 unspecified atom stereocenters. The molecule has 1 aromatic carbocycles. The molecule has 86 valence electrons. The highest BCUT2D eigenvalue weighted by molar-refractivity contribution is 5.96. The van der Waals surface area contributed by atoms with Crippen LogP contribution < -0.4 is 10.5 Å². The lowest BCUT2D eigenvalue weighted by molar-refractivity contribution is -0.153. The van der Waals surface area contributed by atoms with E-state index in [0.717, 1.165) is 18.2 Å². The van der Waals surface area contributed by atoms with Crippen LogP contribution in [0.15, 0.2) is 18.2 Å². The largest absolute Gasteiger partial charge is 0.476 e. The van der Waals surface area contributed by atoms with Crippen LogP contribution in [0.3, 0.4) is 0 Å². The van der Waals surface area contributed by atoms with E-state index >= 15 is 0 Å². The average Bonchev–Trinajstić information content (AvgIpc) is 2.16. The molecule has 5 nitrogen and oxygen atoms in total. The molecule has 0 radical (unpaired) electrons. The second kappa shape index (κ2) is 4.56. The topological polar surface area (TPSA) is 89.6 Å². The van der Waals surface area contributed by atoms with Gasteiger partial charge >= 0.3 is 12.3 Å². The Kier molecular flexibility index (Phi) is 3.39. The van der Waals surface area contributed by atoms with Crippen molar-refractivity contribution in [1.29, 1.82) is 0 Å². The lowest BCUT2D eigenvalue weighted by Gasteiger charge is -2.10. The van der Waals surface area contributed by atoms with E-state index in [1.54, 1.807) is 0 Å². The third kappa shape index (κ3) is 2.44. The van der Waals surface area contributed by atoms with Crippen molar-refractivity contribution < 1.29 is 28.2 Å². The summed E-state index contributed by atoms with van der Waals surface area (Å²) < 4.78 is 30.0. The Morgan fingerprint density at radius 1 is 1.44 bits per heavy atom. The average molecular weight is 231 g/mol. The Morgan fingerprint density at radius 2 is 2.06 bits per heavy atom. The van der Waals surface area contributed by atoms with Crippen molar-refractivity contribution in [2.45, 2.75) is 6.36 Å². The number of benzene rings is 1. The minimum atomic E-state index is -2.69. The molecule has 0 aliphatic heterocycles. The lowest BCUT2D eigenvalue weighted by atomic mass is 10.2. The maximum atomic E-state index is 13.1. The minimum absolute atomic E-state index is 0.553. The van der Waals surface area contributed by atoms with Gasteiger partial charge in [-0.15, -0.1) is 0 Å². The Morgan fingerprint density at radius 3 is 2.56 bits per heavy atom. The van der Waals surface area contributed by atoms with Gasteiger partial charge in [0, 0.05) is 0 Å². The molecule has 0 bridgehead atoms. The molecule has 0 saturated carbocycles. The molecule has 1 aromatic rings. The van der Waals surface area contributed by atoms with Crippen LogP contribution in [-0.4, -0.2) is 23.3 Å². The number of primary amides is 1. The van der Waals surface area contributed by atoms with Gasteiger partial charge < -0.3 is 15.6 Å². The molecular formula is C9H7F2NO4. The fraction of sp³-hybridized carbons (Fsp3) is 0.111. The number of ether oxygens (including phenoxy) is 1. The van der Waals surface area contributed by atoms with Crippen LogP contribution in [0, 0.1) is 5.82 Å². The Bertz CT molecular complexity index is 436. The minimum Gasteiger partial charge on any atom is -0.476 e. The quantitative estimate of drug-likeness (QED) is 0.797. The summed E-state index contributed by atoms with van der Waals surface area (Å²) in [5.74, 6) is -4.63. The fourth-order valence-corrected chi connectivity index (χ4v) is 1.00. The summed E-state index contributed by atoms with van der Waals surface area (Å²) in [6.45, 7) is 0. The number of halogens is 2. The maximum Gasteiger partial charge on any atom is 0.378 e. The van der Waals surface area contributed by atoms with Crippen molar-refractivity contribution >= 4 is 11.9 Å². The van der Waals surface area contributed by atoms with Crippen molar-refractivity contribution in [3.63, 3.8) is 0 Å². The van der Waals surface area contributed by atoms with Gasteiger partial charge in [-0.2, -0.15) is 4.39 Å². The first kappa shape index (κ1) is 11.9. The molecule has 7 heteroatoms. The van der Waals surface area contributed by atoms with E-state index in [0.29, 0.717) is 0 Å². The van der Waals surface area contributed by atoms with E-state index in [1.165, 1.54) is 0 Å². The van der Waals surface area contributed by atoms with Gasteiger partial charge in [-0.05, 0) is 12.1 Å². The summed E-state index contributed by atoms with van der Waals surface area (Å²) in [7, 11) is 0. The second-order valence-corrected chi connectivity index (χ2v) is 2.75. The van der Waals surface area contributed by atoms with Crippen molar-refractivity contribution in [2.75, 3.05) is 0 Å². The number of carbonyl (C=O) groups excluding carboxylic acids is 1. The van der Waals surface area contributed by atoms with Crippen LogP contribution in [0.2, 0.25) is 0 Å². The fourth-order valence-electron chi connectivity index (χ4n) is 1.00. The first-order valence-electron chi connectivity index (χ1n) is 4.05. The number of carboxylic acid groups (broad SMARTS) is 1. The summed E-state index contributed by atoms with van der Waals surface area (Å²) >= 11 is 0. The smallest absolute Gasteiger partial charge is 0.378 e. The zero-order chi connectivity index (χ0) is 12.3.